The highest BCUT2D eigenvalue weighted by molar-refractivity contribution is 5.97. The van der Waals surface area contributed by atoms with Crippen LogP contribution in [-0.4, -0.2) is 24.9 Å². The van der Waals surface area contributed by atoms with Gasteiger partial charge in [-0.1, -0.05) is 19.1 Å². The number of hydrogen-bond donors (Lipinski definition) is 1. The molecule has 0 aliphatic carbocycles. The first-order chi connectivity index (χ1) is 16.9. The first kappa shape index (κ1) is 23.8. The van der Waals surface area contributed by atoms with Crippen molar-refractivity contribution in [3.05, 3.63) is 88.6 Å². The van der Waals surface area contributed by atoms with Crippen LogP contribution >= 0.6 is 0 Å². The number of benzene rings is 3. The molecule has 1 amide bonds. The molecule has 1 aromatic heterocycles. The molecule has 1 atom stereocenters. The number of carbonyl (C=O) groups excluding carboxylic acids is 2. The Morgan fingerprint density at radius 1 is 0.971 bits per heavy atom. The van der Waals surface area contributed by atoms with Crippen LogP contribution in [0.4, 0.5) is 5.69 Å². The minimum Gasteiger partial charge on any atom is -0.497 e. The lowest BCUT2D eigenvalue weighted by Gasteiger charge is -2.19. The van der Waals surface area contributed by atoms with Crippen molar-refractivity contribution in [2.45, 2.75) is 26.4 Å². The van der Waals surface area contributed by atoms with Crippen molar-refractivity contribution >= 4 is 28.3 Å². The molecular weight excluding hydrogens is 446 g/mol. The molecule has 7 nitrogen and oxygen atoms in total. The fourth-order valence-electron chi connectivity index (χ4n) is 3.64. The summed E-state index contributed by atoms with van der Waals surface area (Å²) in [6.07, 6.45) is -0.644. The molecule has 0 saturated heterocycles. The van der Waals surface area contributed by atoms with E-state index in [0.29, 0.717) is 40.0 Å². The second-order valence-corrected chi connectivity index (χ2v) is 7.95. The Morgan fingerprint density at radius 2 is 1.66 bits per heavy atom. The van der Waals surface area contributed by atoms with Gasteiger partial charge < -0.3 is 19.2 Å². The molecule has 178 valence electrons. The minimum absolute atomic E-state index is 0.0391. The molecule has 0 spiro atoms. The predicted molar refractivity (Wildman–Crippen MR) is 134 cm³/mol. The normalized spacial score (nSPS) is 11.6. The number of ketones is 1. The Labute approximate surface area is 202 Å². The summed E-state index contributed by atoms with van der Waals surface area (Å²) in [7, 11) is 1.57. The fraction of sp³-hybridized carbons (Fsp3) is 0.179. The molecule has 1 heterocycles. The summed E-state index contributed by atoms with van der Waals surface area (Å²) < 4.78 is 17.3. The van der Waals surface area contributed by atoms with Crippen LogP contribution in [0, 0.1) is 0 Å². The van der Waals surface area contributed by atoms with Crippen LogP contribution in [0.5, 0.6) is 11.5 Å². The Morgan fingerprint density at radius 3 is 2.29 bits per heavy atom. The Hall–Kier alpha value is -4.39. The van der Waals surface area contributed by atoms with Crippen molar-refractivity contribution in [2.75, 3.05) is 12.4 Å². The maximum Gasteiger partial charge on any atom is 0.265 e. The van der Waals surface area contributed by atoms with Gasteiger partial charge in [-0.3, -0.25) is 14.4 Å². The number of amides is 1. The molecule has 35 heavy (non-hydrogen) atoms. The van der Waals surface area contributed by atoms with Crippen LogP contribution in [-0.2, 0) is 4.79 Å². The molecule has 7 heteroatoms. The van der Waals surface area contributed by atoms with E-state index in [2.05, 4.69) is 5.32 Å². The predicted octanol–water partition coefficient (Wildman–Crippen LogP) is 5.47. The number of nitrogens with one attached hydrogen (secondary N) is 1. The van der Waals surface area contributed by atoms with E-state index in [0.717, 1.165) is 0 Å². The summed E-state index contributed by atoms with van der Waals surface area (Å²) in [5, 5.41) is 3.14. The van der Waals surface area contributed by atoms with E-state index in [1.807, 2.05) is 0 Å². The van der Waals surface area contributed by atoms with Crippen molar-refractivity contribution < 1.29 is 23.5 Å². The number of rotatable bonds is 8. The molecule has 4 rings (SSSR count). The van der Waals surface area contributed by atoms with Gasteiger partial charge in [-0.25, -0.2) is 0 Å². The molecular formula is C28H25NO6. The van der Waals surface area contributed by atoms with Crippen molar-refractivity contribution in [1.29, 1.82) is 0 Å². The summed E-state index contributed by atoms with van der Waals surface area (Å²) in [4.78, 5) is 37.9. The first-order valence-electron chi connectivity index (χ1n) is 11.2. The van der Waals surface area contributed by atoms with Crippen LogP contribution in [0.25, 0.3) is 22.3 Å². The molecule has 3 aromatic carbocycles. The zero-order valence-corrected chi connectivity index (χ0v) is 19.7. The van der Waals surface area contributed by atoms with Crippen molar-refractivity contribution in [3.8, 4) is 22.8 Å². The molecule has 0 radical (unpaired) electrons. The third-order valence-corrected chi connectivity index (χ3v) is 5.59. The molecule has 0 aliphatic heterocycles. The van der Waals surface area contributed by atoms with E-state index in [1.54, 1.807) is 86.8 Å². The van der Waals surface area contributed by atoms with E-state index in [1.165, 1.54) is 6.92 Å². The highest BCUT2D eigenvalue weighted by atomic mass is 16.5. The number of methoxy groups -OCH3 is 1. The Balaban J connectivity index is 1.70. The van der Waals surface area contributed by atoms with E-state index in [-0.39, 0.29) is 22.7 Å². The second kappa shape index (κ2) is 10.3. The third kappa shape index (κ3) is 5.09. The lowest BCUT2D eigenvalue weighted by molar-refractivity contribution is -0.122. The van der Waals surface area contributed by atoms with Crippen LogP contribution in [0.2, 0.25) is 0 Å². The summed E-state index contributed by atoms with van der Waals surface area (Å²) in [5.41, 5.74) is 1.72. The molecule has 0 bridgehead atoms. The number of anilines is 1. The number of ether oxygens (including phenoxy) is 2. The average molecular weight is 472 g/mol. The van der Waals surface area contributed by atoms with E-state index in [4.69, 9.17) is 13.9 Å². The SMILES string of the molecule is CCC(Oc1c(-c2ccc(OC)cc2)oc2ccccc2c1=O)C(=O)Nc1ccc(C(C)=O)cc1. The van der Waals surface area contributed by atoms with Crippen LogP contribution in [0.3, 0.4) is 0 Å². The Bertz CT molecular complexity index is 1420. The van der Waals surface area contributed by atoms with E-state index in [9.17, 15) is 14.4 Å². The quantitative estimate of drug-likeness (QED) is 0.343. The van der Waals surface area contributed by atoms with E-state index < -0.39 is 12.0 Å². The lowest BCUT2D eigenvalue weighted by Crippen LogP contribution is -2.34. The van der Waals surface area contributed by atoms with Gasteiger partial charge >= 0.3 is 0 Å². The molecule has 0 fully saturated rings. The molecule has 1 unspecified atom stereocenters. The maximum atomic E-state index is 13.4. The number of Topliss-reactive ketones (excluding diaryl/α,β-unsaturated/α-hetero) is 1. The van der Waals surface area contributed by atoms with Gasteiger partial charge in [0.25, 0.3) is 5.91 Å². The number of carbonyl (C=O) groups is 2. The van der Waals surface area contributed by atoms with Gasteiger partial charge in [0.15, 0.2) is 17.6 Å². The minimum atomic E-state index is -0.955. The monoisotopic (exact) mass is 471 g/mol. The first-order valence-corrected chi connectivity index (χ1v) is 11.2. The lowest BCUT2D eigenvalue weighted by atomic mass is 10.1. The average Bonchev–Trinajstić information content (AvgIpc) is 2.88. The van der Waals surface area contributed by atoms with E-state index >= 15 is 0 Å². The number of para-hydroxylation sites is 1. The fourth-order valence-corrected chi connectivity index (χ4v) is 3.64. The van der Waals surface area contributed by atoms with Gasteiger partial charge in [0.05, 0.1) is 12.5 Å². The highest BCUT2D eigenvalue weighted by Gasteiger charge is 2.25. The summed E-state index contributed by atoms with van der Waals surface area (Å²) in [6.45, 7) is 3.27. The number of hydrogen-bond acceptors (Lipinski definition) is 6. The maximum absolute atomic E-state index is 13.4. The van der Waals surface area contributed by atoms with Crippen LogP contribution in [0.15, 0.2) is 82.0 Å². The summed E-state index contributed by atoms with van der Waals surface area (Å²) >= 11 is 0. The van der Waals surface area contributed by atoms with Crippen molar-refractivity contribution in [1.82, 2.24) is 0 Å². The molecule has 0 saturated carbocycles. The molecule has 0 aliphatic rings. The van der Waals surface area contributed by atoms with Gasteiger partial charge in [-0.2, -0.15) is 0 Å². The van der Waals surface area contributed by atoms with Crippen molar-refractivity contribution in [3.63, 3.8) is 0 Å². The summed E-state index contributed by atoms with van der Waals surface area (Å²) in [5.74, 6) is 0.361. The smallest absolute Gasteiger partial charge is 0.265 e. The van der Waals surface area contributed by atoms with Gasteiger partial charge in [0.1, 0.15) is 11.3 Å². The van der Waals surface area contributed by atoms with Gasteiger partial charge in [-0.15, -0.1) is 0 Å². The molecule has 4 aromatic rings. The second-order valence-electron chi connectivity index (χ2n) is 7.95. The van der Waals surface area contributed by atoms with Gasteiger partial charge in [0.2, 0.25) is 11.2 Å². The standard InChI is InChI=1S/C28H25NO6/c1-4-23(28(32)29-20-13-9-18(10-14-20)17(2)30)34-27-25(31)22-7-5-6-8-24(22)35-26(27)19-11-15-21(33-3)16-12-19/h5-16,23H,4H2,1-3H3,(H,29,32). The van der Waals surface area contributed by atoms with Gasteiger partial charge in [-0.05, 0) is 74.0 Å². The largest absolute Gasteiger partial charge is 0.497 e. The Kier molecular flexibility index (Phi) is 6.96. The third-order valence-electron chi connectivity index (χ3n) is 5.59. The zero-order chi connectivity index (χ0) is 24.9. The number of fused-ring (bicyclic) bond motifs is 1. The van der Waals surface area contributed by atoms with Crippen LogP contribution < -0.4 is 20.2 Å². The zero-order valence-electron chi connectivity index (χ0n) is 19.7. The molecule has 1 N–H and O–H groups in total. The topological polar surface area (TPSA) is 94.8 Å². The van der Waals surface area contributed by atoms with Gasteiger partial charge in [0, 0.05) is 16.8 Å². The van der Waals surface area contributed by atoms with Crippen LogP contribution in [0.1, 0.15) is 30.6 Å². The highest BCUT2D eigenvalue weighted by Crippen LogP contribution is 2.33. The van der Waals surface area contributed by atoms with Crippen molar-refractivity contribution in [2.24, 2.45) is 0 Å². The summed E-state index contributed by atoms with van der Waals surface area (Å²) in [6, 6.07) is 20.5.